The molecule has 0 fully saturated rings. The molecule has 9 heteroatoms. The Morgan fingerprint density at radius 1 is 1.03 bits per heavy atom. The smallest absolute Gasteiger partial charge is 0.328 e. The van der Waals surface area contributed by atoms with Crippen LogP contribution in [-0.2, 0) is 9.59 Å². The fourth-order valence-electron chi connectivity index (χ4n) is 2.82. The third-order valence-electron chi connectivity index (χ3n) is 4.27. The van der Waals surface area contributed by atoms with Gasteiger partial charge in [0, 0.05) is 26.6 Å². The van der Waals surface area contributed by atoms with Crippen LogP contribution in [0.1, 0.15) is 29.9 Å². The average Bonchev–Trinajstić information content (AvgIpc) is 3.01. The zero-order chi connectivity index (χ0) is 22.0. The molecule has 0 aliphatic rings. The maximum absolute atomic E-state index is 13.0. The molecule has 0 atom stereocenters. The number of halogens is 2. The molecule has 3 aromatic rings. The Labute approximate surface area is 186 Å². The van der Waals surface area contributed by atoms with Crippen LogP contribution in [0, 0.1) is 6.92 Å². The van der Waals surface area contributed by atoms with E-state index in [4.69, 9.17) is 11.6 Å². The molecule has 3 amide bonds. The van der Waals surface area contributed by atoms with Gasteiger partial charge in [-0.3, -0.25) is 19.8 Å². The van der Waals surface area contributed by atoms with Gasteiger partial charge in [-0.25, -0.2) is 4.68 Å². The molecule has 7 nitrogen and oxygen atoms in total. The lowest BCUT2D eigenvalue weighted by atomic mass is 10.2. The molecule has 0 bridgehead atoms. The summed E-state index contributed by atoms with van der Waals surface area (Å²) in [6, 6.07) is 11.9. The molecule has 0 saturated carbocycles. The van der Waals surface area contributed by atoms with Crippen LogP contribution in [0.2, 0.25) is 5.02 Å². The first kappa shape index (κ1) is 21.9. The number of aromatic nitrogens is 1. The second-order valence-electron chi connectivity index (χ2n) is 7.06. The molecule has 3 N–H and O–H groups in total. The molecule has 30 heavy (non-hydrogen) atoms. The molecule has 0 spiro atoms. The summed E-state index contributed by atoms with van der Waals surface area (Å²) in [5.74, 6) is -2.14. The SMILES string of the molecule is Cc1ccc(NC(=O)c2cc3cc(Br)ccc3n2NC(=O)C(=O)NC(C)C)cc1Cl. The van der Waals surface area contributed by atoms with Gasteiger partial charge >= 0.3 is 11.8 Å². The van der Waals surface area contributed by atoms with Gasteiger partial charge in [0.15, 0.2) is 0 Å². The molecule has 3 rings (SSSR count). The van der Waals surface area contributed by atoms with Crippen molar-refractivity contribution in [2.75, 3.05) is 10.7 Å². The maximum Gasteiger partial charge on any atom is 0.328 e. The number of nitrogens with zero attached hydrogens (tertiary/aromatic N) is 1. The number of benzene rings is 2. The number of carbonyl (C=O) groups is 3. The highest BCUT2D eigenvalue weighted by molar-refractivity contribution is 9.10. The first-order valence-electron chi connectivity index (χ1n) is 9.16. The Kier molecular flexibility index (Phi) is 6.48. The second-order valence-corrected chi connectivity index (χ2v) is 8.38. The Hall–Kier alpha value is -2.84. The molecule has 1 heterocycles. The average molecular weight is 492 g/mol. The summed E-state index contributed by atoms with van der Waals surface area (Å²) in [7, 11) is 0. The van der Waals surface area contributed by atoms with Crippen molar-refractivity contribution in [3.63, 3.8) is 0 Å². The normalized spacial score (nSPS) is 10.9. The van der Waals surface area contributed by atoms with E-state index in [0.29, 0.717) is 21.6 Å². The van der Waals surface area contributed by atoms with Crippen molar-refractivity contribution in [3.05, 3.63) is 63.2 Å². The number of hydrogen-bond acceptors (Lipinski definition) is 3. The van der Waals surface area contributed by atoms with E-state index < -0.39 is 17.7 Å². The van der Waals surface area contributed by atoms with Crippen molar-refractivity contribution >= 4 is 61.8 Å². The fraction of sp³-hybridized carbons (Fsp3) is 0.190. The van der Waals surface area contributed by atoms with Crippen LogP contribution < -0.4 is 16.1 Å². The van der Waals surface area contributed by atoms with Crippen molar-refractivity contribution in [3.8, 4) is 0 Å². The molecular formula is C21H20BrClN4O3. The summed E-state index contributed by atoms with van der Waals surface area (Å²) in [5.41, 5.74) is 4.63. The lowest BCUT2D eigenvalue weighted by Gasteiger charge is -2.14. The number of rotatable bonds is 4. The van der Waals surface area contributed by atoms with Gasteiger partial charge in [-0.15, -0.1) is 0 Å². The lowest BCUT2D eigenvalue weighted by Crippen LogP contribution is -2.42. The van der Waals surface area contributed by atoms with Gasteiger partial charge in [0.25, 0.3) is 5.91 Å². The standard InChI is InChI=1S/C21H20BrClN4O3/c1-11(2)24-20(29)21(30)26-27-17-7-5-14(22)8-13(17)9-18(27)19(28)25-15-6-4-12(3)16(23)10-15/h4-11H,1-3H3,(H,24,29)(H,25,28)(H,26,30). The summed E-state index contributed by atoms with van der Waals surface area (Å²) in [6.45, 7) is 5.36. The minimum Gasteiger partial charge on any atom is -0.346 e. The van der Waals surface area contributed by atoms with E-state index in [1.165, 1.54) is 4.68 Å². The minimum atomic E-state index is -0.878. The number of amides is 3. The quantitative estimate of drug-likeness (QED) is 0.477. The number of fused-ring (bicyclic) bond motifs is 1. The highest BCUT2D eigenvalue weighted by atomic mass is 79.9. The van der Waals surface area contributed by atoms with E-state index in [1.54, 1.807) is 50.2 Å². The van der Waals surface area contributed by atoms with Gasteiger partial charge in [-0.1, -0.05) is 33.6 Å². The molecule has 0 unspecified atom stereocenters. The van der Waals surface area contributed by atoms with Gasteiger partial charge in [-0.05, 0) is 62.7 Å². The van der Waals surface area contributed by atoms with E-state index in [-0.39, 0.29) is 11.7 Å². The van der Waals surface area contributed by atoms with Crippen LogP contribution in [0.3, 0.4) is 0 Å². The van der Waals surface area contributed by atoms with Crippen LogP contribution >= 0.6 is 27.5 Å². The predicted octanol–water partition coefficient (Wildman–Crippen LogP) is 4.21. The summed E-state index contributed by atoms with van der Waals surface area (Å²) >= 11 is 9.54. The van der Waals surface area contributed by atoms with Crippen LogP contribution in [0.4, 0.5) is 5.69 Å². The summed E-state index contributed by atoms with van der Waals surface area (Å²) in [4.78, 5) is 37.4. The number of anilines is 1. The molecule has 0 radical (unpaired) electrons. The molecular weight excluding hydrogens is 472 g/mol. The van der Waals surface area contributed by atoms with E-state index >= 15 is 0 Å². The molecule has 0 aliphatic carbocycles. The molecule has 156 valence electrons. The van der Waals surface area contributed by atoms with Crippen molar-refractivity contribution in [2.45, 2.75) is 26.8 Å². The zero-order valence-corrected chi connectivity index (χ0v) is 18.9. The number of carbonyl (C=O) groups excluding carboxylic acids is 3. The van der Waals surface area contributed by atoms with Crippen molar-refractivity contribution in [1.29, 1.82) is 0 Å². The van der Waals surface area contributed by atoms with Crippen molar-refractivity contribution in [1.82, 2.24) is 9.99 Å². The van der Waals surface area contributed by atoms with Crippen LogP contribution in [0.25, 0.3) is 10.9 Å². The predicted molar refractivity (Wildman–Crippen MR) is 121 cm³/mol. The molecule has 2 aromatic carbocycles. The van der Waals surface area contributed by atoms with Crippen LogP contribution in [-0.4, -0.2) is 28.4 Å². The maximum atomic E-state index is 13.0. The third-order valence-corrected chi connectivity index (χ3v) is 5.17. The van der Waals surface area contributed by atoms with Gasteiger partial charge in [-0.2, -0.15) is 0 Å². The van der Waals surface area contributed by atoms with Gasteiger partial charge in [0.05, 0.1) is 5.52 Å². The Morgan fingerprint density at radius 3 is 2.43 bits per heavy atom. The van der Waals surface area contributed by atoms with Crippen molar-refractivity contribution in [2.24, 2.45) is 0 Å². The largest absolute Gasteiger partial charge is 0.346 e. The second kappa shape index (κ2) is 8.89. The summed E-state index contributed by atoms with van der Waals surface area (Å²) in [5, 5.41) is 6.53. The van der Waals surface area contributed by atoms with Crippen LogP contribution in [0.15, 0.2) is 46.9 Å². The number of hydrogen-bond donors (Lipinski definition) is 3. The van der Waals surface area contributed by atoms with Crippen molar-refractivity contribution < 1.29 is 14.4 Å². The first-order chi connectivity index (χ1) is 14.2. The Balaban J connectivity index is 1.97. The monoisotopic (exact) mass is 490 g/mol. The lowest BCUT2D eigenvalue weighted by molar-refractivity contribution is -0.137. The molecule has 0 aliphatic heterocycles. The first-order valence-corrected chi connectivity index (χ1v) is 10.3. The van der Waals surface area contributed by atoms with E-state index in [2.05, 4.69) is 32.0 Å². The highest BCUT2D eigenvalue weighted by Crippen LogP contribution is 2.25. The summed E-state index contributed by atoms with van der Waals surface area (Å²) in [6.07, 6.45) is 0. The van der Waals surface area contributed by atoms with E-state index in [1.807, 2.05) is 13.0 Å². The molecule has 1 aromatic heterocycles. The van der Waals surface area contributed by atoms with E-state index in [0.717, 1.165) is 10.0 Å². The Morgan fingerprint density at radius 2 is 1.77 bits per heavy atom. The van der Waals surface area contributed by atoms with Gasteiger partial charge < -0.3 is 10.6 Å². The van der Waals surface area contributed by atoms with Crippen LogP contribution in [0.5, 0.6) is 0 Å². The van der Waals surface area contributed by atoms with E-state index in [9.17, 15) is 14.4 Å². The van der Waals surface area contributed by atoms with Gasteiger partial charge in [0.2, 0.25) is 0 Å². The third kappa shape index (κ3) is 4.83. The summed E-state index contributed by atoms with van der Waals surface area (Å²) < 4.78 is 2.11. The highest BCUT2D eigenvalue weighted by Gasteiger charge is 2.21. The Bertz CT molecular complexity index is 1160. The number of nitrogens with one attached hydrogen (secondary N) is 3. The minimum absolute atomic E-state index is 0.158. The topological polar surface area (TPSA) is 92.2 Å². The molecule has 0 saturated heterocycles. The zero-order valence-electron chi connectivity index (χ0n) is 16.5. The van der Waals surface area contributed by atoms with Gasteiger partial charge in [0.1, 0.15) is 5.69 Å². The fourth-order valence-corrected chi connectivity index (χ4v) is 3.38. The number of aryl methyl sites for hydroxylation is 1.